The normalized spacial score (nSPS) is 26.5. The first-order valence-electron chi connectivity index (χ1n) is 7.72. The monoisotopic (exact) mass is 302 g/mol. The summed E-state index contributed by atoms with van der Waals surface area (Å²) < 4.78 is 0. The van der Waals surface area contributed by atoms with E-state index in [4.69, 9.17) is 0 Å². The van der Waals surface area contributed by atoms with Crippen LogP contribution in [0, 0.1) is 5.92 Å². The summed E-state index contributed by atoms with van der Waals surface area (Å²) in [6.07, 6.45) is 0.277. The average molecular weight is 302 g/mol. The summed E-state index contributed by atoms with van der Waals surface area (Å²) in [6, 6.07) is 5.37. The number of anilines is 1. The second-order valence-electron chi connectivity index (χ2n) is 7.04. The maximum absolute atomic E-state index is 12.6. The second-order valence-corrected chi connectivity index (χ2v) is 7.04. The van der Waals surface area contributed by atoms with E-state index in [1.165, 1.54) is 0 Å². The minimum Gasteiger partial charge on any atom is -0.391 e. The molecule has 5 heteroatoms. The fourth-order valence-electron chi connectivity index (χ4n) is 3.39. The summed E-state index contributed by atoms with van der Waals surface area (Å²) in [5.41, 5.74) is 1.62. The van der Waals surface area contributed by atoms with E-state index in [0.717, 1.165) is 12.0 Å². The number of hydrogen-bond acceptors (Lipinski definition) is 3. The Kier molecular flexibility index (Phi) is 3.48. The van der Waals surface area contributed by atoms with Crippen molar-refractivity contribution in [3.63, 3.8) is 0 Å². The van der Waals surface area contributed by atoms with Gasteiger partial charge in [0, 0.05) is 24.3 Å². The van der Waals surface area contributed by atoms with E-state index in [1.807, 2.05) is 26.8 Å². The van der Waals surface area contributed by atoms with Crippen molar-refractivity contribution >= 4 is 17.5 Å². The zero-order chi connectivity index (χ0) is 16.1. The summed E-state index contributed by atoms with van der Waals surface area (Å²) in [5.74, 6) is 0.155. The molecule has 0 saturated carbocycles. The number of aliphatic hydroxyl groups excluding tert-OH is 1. The molecule has 2 atom stereocenters. The predicted octanol–water partition coefficient (Wildman–Crippen LogP) is 1.76. The van der Waals surface area contributed by atoms with Crippen LogP contribution in [0.25, 0.3) is 0 Å². The van der Waals surface area contributed by atoms with Crippen LogP contribution in [0.5, 0.6) is 0 Å². The minimum absolute atomic E-state index is 0.0471. The van der Waals surface area contributed by atoms with Gasteiger partial charge in [0.05, 0.1) is 11.5 Å². The Morgan fingerprint density at radius 3 is 2.77 bits per heavy atom. The molecule has 22 heavy (non-hydrogen) atoms. The summed E-state index contributed by atoms with van der Waals surface area (Å²) in [5, 5.41) is 12.7. The van der Waals surface area contributed by atoms with Gasteiger partial charge in [-0.05, 0) is 43.9 Å². The van der Waals surface area contributed by atoms with Crippen LogP contribution in [-0.2, 0) is 10.2 Å². The molecule has 1 aromatic rings. The van der Waals surface area contributed by atoms with Crippen LogP contribution in [0.4, 0.5) is 5.69 Å². The number of nitrogens with one attached hydrogen (secondary N) is 1. The maximum Gasteiger partial charge on any atom is 0.254 e. The summed E-state index contributed by atoms with van der Waals surface area (Å²) in [4.78, 5) is 26.3. The number of carbonyl (C=O) groups excluding carboxylic acids is 2. The standard InChI is InChI=1S/C17H22N2O3/c1-10-6-12(20)9-19(8-10)15(21)11-4-5-13-14(7-11)18-16(22)17(13,2)3/h4-5,7,10,12,20H,6,8-9H2,1-3H3,(H,18,22). The Balaban J connectivity index is 1.86. The SMILES string of the molecule is CC1CC(O)CN(C(=O)c2ccc3c(c2)NC(=O)C3(C)C)C1. The first-order valence-corrected chi connectivity index (χ1v) is 7.72. The van der Waals surface area contributed by atoms with E-state index in [9.17, 15) is 14.7 Å². The zero-order valence-corrected chi connectivity index (χ0v) is 13.2. The van der Waals surface area contributed by atoms with Gasteiger partial charge in [0.2, 0.25) is 5.91 Å². The molecule has 5 nitrogen and oxygen atoms in total. The van der Waals surface area contributed by atoms with Crippen LogP contribution in [0.15, 0.2) is 18.2 Å². The van der Waals surface area contributed by atoms with Crippen molar-refractivity contribution in [2.75, 3.05) is 18.4 Å². The number of aliphatic hydroxyl groups is 1. The van der Waals surface area contributed by atoms with Gasteiger partial charge in [-0.15, -0.1) is 0 Å². The van der Waals surface area contributed by atoms with Crippen molar-refractivity contribution in [3.8, 4) is 0 Å². The molecule has 2 aliphatic rings. The molecule has 0 spiro atoms. The maximum atomic E-state index is 12.6. The number of rotatable bonds is 1. The highest BCUT2D eigenvalue weighted by Crippen LogP contribution is 2.37. The molecule has 1 saturated heterocycles. The van der Waals surface area contributed by atoms with E-state index >= 15 is 0 Å². The van der Waals surface area contributed by atoms with Crippen LogP contribution in [0.2, 0.25) is 0 Å². The van der Waals surface area contributed by atoms with Crippen LogP contribution in [0.1, 0.15) is 43.1 Å². The van der Waals surface area contributed by atoms with Gasteiger partial charge < -0.3 is 15.3 Å². The molecular formula is C17H22N2O3. The van der Waals surface area contributed by atoms with Crippen molar-refractivity contribution < 1.29 is 14.7 Å². The number of likely N-dealkylation sites (tertiary alicyclic amines) is 1. The van der Waals surface area contributed by atoms with Gasteiger partial charge in [0.25, 0.3) is 5.91 Å². The zero-order valence-electron chi connectivity index (χ0n) is 13.2. The summed E-state index contributed by atoms with van der Waals surface area (Å²) in [6.45, 7) is 6.81. The van der Waals surface area contributed by atoms with Crippen LogP contribution >= 0.6 is 0 Å². The third-order valence-corrected chi connectivity index (χ3v) is 4.68. The van der Waals surface area contributed by atoms with E-state index in [2.05, 4.69) is 5.32 Å². The Bertz CT molecular complexity index is 629. The second kappa shape index (κ2) is 5.09. The molecule has 1 aromatic carbocycles. The fraction of sp³-hybridized carbons (Fsp3) is 0.529. The largest absolute Gasteiger partial charge is 0.391 e. The Hall–Kier alpha value is -1.88. The third-order valence-electron chi connectivity index (χ3n) is 4.68. The molecule has 2 unspecified atom stereocenters. The van der Waals surface area contributed by atoms with Crippen molar-refractivity contribution in [2.45, 2.75) is 38.7 Å². The van der Waals surface area contributed by atoms with E-state index in [-0.39, 0.29) is 11.8 Å². The van der Waals surface area contributed by atoms with Gasteiger partial charge in [-0.2, -0.15) is 0 Å². The highest BCUT2D eigenvalue weighted by atomic mass is 16.3. The Labute approximate surface area is 130 Å². The number of amides is 2. The summed E-state index contributed by atoms with van der Waals surface area (Å²) in [7, 11) is 0. The Morgan fingerprint density at radius 1 is 1.36 bits per heavy atom. The lowest BCUT2D eigenvalue weighted by Crippen LogP contribution is -2.45. The van der Waals surface area contributed by atoms with Crippen molar-refractivity contribution in [1.82, 2.24) is 4.90 Å². The van der Waals surface area contributed by atoms with Crippen LogP contribution in [0.3, 0.4) is 0 Å². The van der Waals surface area contributed by atoms with E-state index in [1.54, 1.807) is 17.0 Å². The molecular weight excluding hydrogens is 280 g/mol. The van der Waals surface area contributed by atoms with Gasteiger partial charge in [-0.1, -0.05) is 13.0 Å². The van der Waals surface area contributed by atoms with E-state index in [0.29, 0.717) is 30.3 Å². The molecule has 2 heterocycles. The van der Waals surface area contributed by atoms with Gasteiger partial charge in [0.1, 0.15) is 0 Å². The molecule has 0 aliphatic carbocycles. The van der Waals surface area contributed by atoms with Crippen LogP contribution in [-0.4, -0.2) is 41.0 Å². The lowest BCUT2D eigenvalue weighted by atomic mass is 9.86. The first kappa shape index (κ1) is 15.0. The molecule has 2 N–H and O–H groups in total. The highest BCUT2D eigenvalue weighted by molar-refractivity contribution is 6.07. The van der Waals surface area contributed by atoms with Gasteiger partial charge in [0.15, 0.2) is 0 Å². The minimum atomic E-state index is -0.563. The molecule has 2 aliphatic heterocycles. The third kappa shape index (κ3) is 2.39. The topological polar surface area (TPSA) is 69.6 Å². The molecule has 118 valence electrons. The average Bonchev–Trinajstić information content (AvgIpc) is 2.66. The van der Waals surface area contributed by atoms with Crippen molar-refractivity contribution in [3.05, 3.63) is 29.3 Å². The first-order chi connectivity index (χ1) is 10.3. The Morgan fingerprint density at radius 2 is 2.09 bits per heavy atom. The molecule has 0 bridgehead atoms. The smallest absolute Gasteiger partial charge is 0.254 e. The number of fused-ring (bicyclic) bond motifs is 1. The van der Waals surface area contributed by atoms with E-state index < -0.39 is 11.5 Å². The quantitative estimate of drug-likeness (QED) is 0.830. The lowest BCUT2D eigenvalue weighted by molar-refractivity contribution is -0.119. The number of benzene rings is 1. The molecule has 0 radical (unpaired) electrons. The molecule has 2 amide bonds. The molecule has 0 aromatic heterocycles. The van der Waals surface area contributed by atoms with Crippen molar-refractivity contribution in [2.24, 2.45) is 5.92 Å². The fourth-order valence-corrected chi connectivity index (χ4v) is 3.39. The molecule has 1 fully saturated rings. The lowest BCUT2D eigenvalue weighted by Gasteiger charge is -2.34. The highest BCUT2D eigenvalue weighted by Gasteiger charge is 2.38. The predicted molar refractivity (Wildman–Crippen MR) is 83.8 cm³/mol. The van der Waals surface area contributed by atoms with Gasteiger partial charge >= 0.3 is 0 Å². The number of hydrogen-bond donors (Lipinski definition) is 2. The summed E-state index contributed by atoms with van der Waals surface area (Å²) >= 11 is 0. The van der Waals surface area contributed by atoms with Gasteiger partial charge in [-0.25, -0.2) is 0 Å². The van der Waals surface area contributed by atoms with Gasteiger partial charge in [-0.3, -0.25) is 9.59 Å². The number of β-amino-alcohol motifs (C(OH)–C–C–N with tert-alkyl or cyclic N) is 1. The van der Waals surface area contributed by atoms with Crippen molar-refractivity contribution in [1.29, 1.82) is 0 Å². The number of nitrogens with zero attached hydrogens (tertiary/aromatic N) is 1. The number of carbonyl (C=O) groups is 2. The number of piperidine rings is 1. The molecule has 3 rings (SSSR count). The van der Waals surface area contributed by atoms with Crippen LogP contribution < -0.4 is 5.32 Å².